The van der Waals surface area contributed by atoms with Crippen LogP contribution in [0.4, 0.5) is 4.79 Å². The van der Waals surface area contributed by atoms with E-state index in [1.54, 1.807) is 6.08 Å². The van der Waals surface area contributed by atoms with Crippen LogP contribution in [0.1, 0.15) is 24.4 Å². The van der Waals surface area contributed by atoms with E-state index in [2.05, 4.69) is 11.9 Å². The molecular formula is C14H18N2O. The van der Waals surface area contributed by atoms with Crippen LogP contribution in [0, 0.1) is 0 Å². The minimum atomic E-state index is -0.107. The Labute approximate surface area is 102 Å². The second kappa shape index (κ2) is 5.53. The van der Waals surface area contributed by atoms with E-state index in [4.69, 9.17) is 0 Å². The summed E-state index contributed by atoms with van der Waals surface area (Å²) in [5.74, 6) is 0. The molecule has 0 saturated carbocycles. The number of hydrogen-bond acceptors (Lipinski definition) is 1. The molecule has 17 heavy (non-hydrogen) atoms. The lowest BCUT2D eigenvalue weighted by Gasteiger charge is -2.21. The average molecular weight is 230 g/mol. The first-order chi connectivity index (χ1) is 8.31. The van der Waals surface area contributed by atoms with Gasteiger partial charge in [-0.25, -0.2) is 4.79 Å². The highest BCUT2D eigenvalue weighted by Gasteiger charge is 2.20. The van der Waals surface area contributed by atoms with Gasteiger partial charge < -0.3 is 10.2 Å². The highest BCUT2D eigenvalue weighted by molar-refractivity contribution is 5.75. The normalized spacial score (nSPS) is 16.6. The predicted molar refractivity (Wildman–Crippen MR) is 68.7 cm³/mol. The molecule has 1 unspecified atom stereocenters. The Hall–Kier alpha value is -1.77. The number of benzene rings is 1. The lowest BCUT2D eigenvalue weighted by atomic mass is 10.1. The third-order valence-electron chi connectivity index (χ3n) is 3.07. The van der Waals surface area contributed by atoms with Gasteiger partial charge in [-0.15, -0.1) is 6.58 Å². The zero-order chi connectivity index (χ0) is 12.1. The second-order valence-electron chi connectivity index (χ2n) is 4.27. The molecule has 1 heterocycles. The molecule has 1 N–H and O–H groups in total. The van der Waals surface area contributed by atoms with Crippen LogP contribution < -0.4 is 5.32 Å². The fourth-order valence-corrected chi connectivity index (χ4v) is 2.08. The number of hydrogen-bond donors (Lipinski definition) is 1. The summed E-state index contributed by atoms with van der Waals surface area (Å²) in [6, 6.07) is 9.79. The Kier molecular flexibility index (Phi) is 3.81. The van der Waals surface area contributed by atoms with Gasteiger partial charge in [0.25, 0.3) is 0 Å². The van der Waals surface area contributed by atoms with Crippen molar-refractivity contribution in [3.63, 3.8) is 0 Å². The van der Waals surface area contributed by atoms with Crippen molar-refractivity contribution in [1.82, 2.24) is 10.2 Å². The topological polar surface area (TPSA) is 32.3 Å². The minimum Gasteiger partial charge on any atom is -0.328 e. The van der Waals surface area contributed by atoms with Gasteiger partial charge in [0, 0.05) is 13.1 Å². The van der Waals surface area contributed by atoms with Crippen LogP contribution in [-0.2, 0) is 0 Å². The molecule has 1 aliphatic rings. The van der Waals surface area contributed by atoms with Crippen molar-refractivity contribution in [2.24, 2.45) is 0 Å². The zero-order valence-electron chi connectivity index (χ0n) is 9.93. The molecule has 90 valence electrons. The number of rotatable bonds is 3. The molecule has 1 saturated heterocycles. The molecule has 0 aromatic heterocycles. The Balaban J connectivity index is 2.00. The fraction of sp³-hybridized carbons (Fsp3) is 0.357. The van der Waals surface area contributed by atoms with Crippen LogP contribution in [0.25, 0.3) is 0 Å². The highest BCUT2D eigenvalue weighted by Crippen LogP contribution is 2.15. The van der Waals surface area contributed by atoms with E-state index in [0.717, 1.165) is 31.5 Å². The first-order valence-electron chi connectivity index (χ1n) is 6.04. The minimum absolute atomic E-state index is 0.0104. The maximum Gasteiger partial charge on any atom is 0.318 e. The van der Waals surface area contributed by atoms with Gasteiger partial charge in [0.2, 0.25) is 0 Å². The lowest BCUT2D eigenvalue weighted by molar-refractivity contribution is 0.206. The summed E-state index contributed by atoms with van der Waals surface area (Å²) in [4.78, 5) is 13.8. The van der Waals surface area contributed by atoms with Gasteiger partial charge in [-0.05, 0) is 18.4 Å². The summed E-state index contributed by atoms with van der Waals surface area (Å²) in [5.41, 5.74) is 1.06. The molecule has 1 atom stereocenters. The van der Waals surface area contributed by atoms with Crippen LogP contribution in [0.2, 0.25) is 0 Å². The quantitative estimate of drug-likeness (QED) is 0.796. The second-order valence-corrected chi connectivity index (χ2v) is 4.27. The van der Waals surface area contributed by atoms with E-state index >= 15 is 0 Å². The molecule has 1 aliphatic heterocycles. The monoisotopic (exact) mass is 230 g/mol. The van der Waals surface area contributed by atoms with Gasteiger partial charge in [0.15, 0.2) is 0 Å². The summed E-state index contributed by atoms with van der Waals surface area (Å²) in [5, 5.41) is 2.99. The van der Waals surface area contributed by atoms with Crippen LogP contribution in [0.3, 0.4) is 0 Å². The van der Waals surface area contributed by atoms with Crippen molar-refractivity contribution in [2.45, 2.75) is 18.9 Å². The highest BCUT2D eigenvalue weighted by atomic mass is 16.2. The van der Waals surface area contributed by atoms with E-state index < -0.39 is 0 Å². The maximum absolute atomic E-state index is 12.0. The van der Waals surface area contributed by atoms with Crippen molar-refractivity contribution in [3.8, 4) is 0 Å². The molecule has 0 bridgehead atoms. The van der Waals surface area contributed by atoms with Crippen molar-refractivity contribution >= 4 is 6.03 Å². The number of carbonyl (C=O) groups excluding carboxylic acids is 1. The van der Waals surface area contributed by atoms with Gasteiger partial charge in [-0.2, -0.15) is 0 Å². The number of nitrogens with zero attached hydrogens (tertiary/aromatic N) is 1. The third kappa shape index (κ3) is 2.87. The molecule has 2 amide bonds. The van der Waals surface area contributed by atoms with Crippen LogP contribution in [0.5, 0.6) is 0 Å². The lowest BCUT2D eigenvalue weighted by Crippen LogP contribution is -2.39. The molecule has 1 aromatic carbocycles. The van der Waals surface area contributed by atoms with Crippen molar-refractivity contribution in [2.75, 3.05) is 13.1 Å². The fourth-order valence-electron chi connectivity index (χ4n) is 2.08. The first kappa shape index (κ1) is 11.7. The van der Waals surface area contributed by atoms with Gasteiger partial charge in [0.1, 0.15) is 0 Å². The van der Waals surface area contributed by atoms with E-state index in [0.29, 0.717) is 0 Å². The largest absolute Gasteiger partial charge is 0.328 e. The molecule has 0 aliphatic carbocycles. The number of urea groups is 1. The Morgan fingerprint density at radius 2 is 1.94 bits per heavy atom. The molecule has 3 heteroatoms. The zero-order valence-corrected chi connectivity index (χ0v) is 9.93. The molecule has 0 spiro atoms. The number of amides is 2. The molecule has 1 fully saturated rings. The van der Waals surface area contributed by atoms with E-state index in [1.807, 2.05) is 35.2 Å². The maximum atomic E-state index is 12.0. The smallest absolute Gasteiger partial charge is 0.318 e. The van der Waals surface area contributed by atoms with E-state index in [9.17, 15) is 4.79 Å². The number of nitrogens with one attached hydrogen (secondary N) is 1. The standard InChI is InChI=1S/C14H18N2O/c1-2-13(12-8-4-3-5-9-12)15-14(17)16-10-6-7-11-16/h2-5,8-9,13H,1,6-7,10-11H2,(H,15,17). The predicted octanol–water partition coefficient (Wildman–Crippen LogP) is 2.72. The molecule has 0 radical (unpaired) electrons. The molecule has 2 rings (SSSR count). The summed E-state index contributed by atoms with van der Waals surface area (Å²) in [6.07, 6.45) is 3.98. The van der Waals surface area contributed by atoms with Crippen molar-refractivity contribution in [1.29, 1.82) is 0 Å². The van der Waals surface area contributed by atoms with Gasteiger partial charge in [-0.3, -0.25) is 0 Å². The Bertz CT molecular complexity index is 382. The number of likely N-dealkylation sites (tertiary alicyclic amines) is 1. The van der Waals surface area contributed by atoms with Crippen LogP contribution >= 0.6 is 0 Å². The van der Waals surface area contributed by atoms with Crippen molar-refractivity contribution in [3.05, 3.63) is 48.6 Å². The summed E-state index contributed by atoms with van der Waals surface area (Å²) in [6.45, 7) is 5.51. The van der Waals surface area contributed by atoms with Crippen LogP contribution in [-0.4, -0.2) is 24.0 Å². The van der Waals surface area contributed by atoms with E-state index in [1.165, 1.54) is 0 Å². The summed E-state index contributed by atoms with van der Waals surface area (Å²) in [7, 11) is 0. The Morgan fingerprint density at radius 3 is 2.53 bits per heavy atom. The number of carbonyl (C=O) groups is 1. The van der Waals surface area contributed by atoms with Crippen molar-refractivity contribution < 1.29 is 4.79 Å². The third-order valence-corrected chi connectivity index (χ3v) is 3.07. The summed E-state index contributed by atoms with van der Waals surface area (Å²) < 4.78 is 0. The SMILES string of the molecule is C=CC(NC(=O)N1CCCC1)c1ccccc1. The molecule has 3 nitrogen and oxygen atoms in total. The average Bonchev–Trinajstić information content (AvgIpc) is 2.90. The van der Waals surface area contributed by atoms with Gasteiger partial charge in [-0.1, -0.05) is 36.4 Å². The first-order valence-corrected chi connectivity index (χ1v) is 6.04. The van der Waals surface area contributed by atoms with E-state index in [-0.39, 0.29) is 12.1 Å². The van der Waals surface area contributed by atoms with Crippen LogP contribution in [0.15, 0.2) is 43.0 Å². The summed E-state index contributed by atoms with van der Waals surface area (Å²) >= 11 is 0. The molecular weight excluding hydrogens is 212 g/mol. The Morgan fingerprint density at radius 1 is 1.29 bits per heavy atom. The van der Waals surface area contributed by atoms with Gasteiger partial charge in [0.05, 0.1) is 6.04 Å². The molecule has 1 aromatic rings. The van der Waals surface area contributed by atoms with Gasteiger partial charge >= 0.3 is 6.03 Å².